The smallest absolute Gasteiger partial charge is 0.268 e. The first kappa shape index (κ1) is 15.5. The molecule has 21 heavy (non-hydrogen) atoms. The highest BCUT2D eigenvalue weighted by Gasteiger charge is 2.21. The van der Waals surface area contributed by atoms with Crippen LogP contribution in [0.5, 0.6) is 0 Å². The minimum atomic E-state index is -3.71. The van der Waals surface area contributed by atoms with Crippen LogP contribution in [0.25, 0.3) is 0 Å². The van der Waals surface area contributed by atoms with Crippen molar-refractivity contribution >= 4 is 15.8 Å². The molecule has 0 radical (unpaired) electrons. The fraction of sp³-hybridized carbons (Fsp3) is 0.312. The lowest BCUT2D eigenvalue weighted by molar-refractivity contribution is 0.0973. The van der Waals surface area contributed by atoms with Gasteiger partial charge in [-0.3, -0.25) is 4.79 Å². The molecule has 1 aromatic heterocycles. The monoisotopic (exact) mass is 305 g/mol. The average molecular weight is 305 g/mol. The van der Waals surface area contributed by atoms with Gasteiger partial charge in [0.1, 0.15) is 0 Å². The first-order valence-corrected chi connectivity index (χ1v) is 8.52. The molecule has 0 fully saturated rings. The van der Waals surface area contributed by atoms with Crippen molar-refractivity contribution in [1.82, 2.24) is 3.97 Å². The van der Waals surface area contributed by atoms with Crippen LogP contribution in [0, 0.1) is 0 Å². The molecule has 0 aliphatic heterocycles. The van der Waals surface area contributed by atoms with Crippen LogP contribution in [-0.4, -0.2) is 18.2 Å². The van der Waals surface area contributed by atoms with Crippen molar-refractivity contribution in [3.63, 3.8) is 0 Å². The predicted octanol–water partition coefficient (Wildman–Crippen LogP) is 3.49. The number of carbonyl (C=O) groups excluding carboxylic acids is 1. The van der Waals surface area contributed by atoms with E-state index >= 15 is 0 Å². The van der Waals surface area contributed by atoms with E-state index < -0.39 is 10.0 Å². The van der Waals surface area contributed by atoms with E-state index in [-0.39, 0.29) is 16.4 Å². The maximum Gasteiger partial charge on any atom is 0.268 e. The van der Waals surface area contributed by atoms with Gasteiger partial charge in [-0.15, -0.1) is 0 Å². The average Bonchev–Trinajstić information content (AvgIpc) is 2.98. The van der Waals surface area contributed by atoms with E-state index in [1.54, 1.807) is 30.3 Å². The lowest BCUT2D eigenvalue weighted by Crippen LogP contribution is -2.17. The number of Topliss-reactive ketones (excluding diaryl/α,β-unsaturated/α-hetero) is 1. The second-order valence-electron chi connectivity index (χ2n) is 4.89. The van der Waals surface area contributed by atoms with Gasteiger partial charge in [0.15, 0.2) is 5.78 Å². The van der Waals surface area contributed by atoms with Crippen LogP contribution in [0.1, 0.15) is 43.1 Å². The molecule has 2 rings (SSSR count). The van der Waals surface area contributed by atoms with Crippen LogP contribution in [0.4, 0.5) is 0 Å². The lowest BCUT2D eigenvalue weighted by atomic mass is 10.1. The van der Waals surface area contributed by atoms with Crippen molar-refractivity contribution in [2.45, 2.75) is 37.5 Å². The number of ketones is 1. The molecular weight excluding hydrogens is 286 g/mol. The maximum absolute atomic E-state index is 12.6. The highest BCUT2D eigenvalue weighted by Crippen LogP contribution is 2.18. The summed E-state index contributed by atoms with van der Waals surface area (Å²) in [6.07, 6.45) is 4.58. The highest BCUT2D eigenvalue weighted by molar-refractivity contribution is 7.90. The number of unbranched alkanes of at least 4 members (excludes halogenated alkanes) is 2. The Morgan fingerprint density at radius 1 is 1.05 bits per heavy atom. The van der Waals surface area contributed by atoms with Crippen molar-refractivity contribution in [1.29, 1.82) is 0 Å². The SMILES string of the molecule is CCCCCC(=O)c1cccn1S(=O)(=O)c1ccccc1. The number of hydrogen-bond acceptors (Lipinski definition) is 3. The normalized spacial score (nSPS) is 11.5. The van der Waals surface area contributed by atoms with E-state index in [1.807, 2.05) is 0 Å². The molecule has 1 heterocycles. The van der Waals surface area contributed by atoms with Gasteiger partial charge in [0.25, 0.3) is 10.0 Å². The highest BCUT2D eigenvalue weighted by atomic mass is 32.2. The molecule has 0 aliphatic rings. The summed E-state index contributed by atoms with van der Waals surface area (Å²) < 4.78 is 26.2. The van der Waals surface area contributed by atoms with Gasteiger partial charge in [-0.05, 0) is 30.7 Å². The molecule has 5 heteroatoms. The second-order valence-corrected chi connectivity index (χ2v) is 6.70. The quantitative estimate of drug-likeness (QED) is 0.581. The third-order valence-electron chi connectivity index (χ3n) is 3.31. The Kier molecular flexibility index (Phi) is 4.96. The van der Waals surface area contributed by atoms with Gasteiger partial charge < -0.3 is 0 Å². The molecule has 0 unspecified atom stereocenters. The van der Waals surface area contributed by atoms with Crippen LogP contribution >= 0.6 is 0 Å². The van der Waals surface area contributed by atoms with Gasteiger partial charge in [-0.2, -0.15) is 0 Å². The summed E-state index contributed by atoms with van der Waals surface area (Å²) in [5.41, 5.74) is 0.231. The molecule has 0 saturated carbocycles. The Hall–Kier alpha value is -1.88. The van der Waals surface area contributed by atoms with E-state index in [2.05, 4.69) is 6.92 Å². The first-order valence-electron chi connectivity index (χ1n) is 7.08. The number of rotatable bonds is 7. The zero-order chi connectivity index (χ0) is 15.3. The van der Waals surface area contributed by atoms with Crippen LogP contribution in [0.3, 0.4) is 0 Å². The minimum absolute atomic E-state index is 0.132. The standard InChI is InChI=1S/C16H19NO3S/c1-2-3-5-12-16(18)15-11-8-13-17(15)21(19,20)14-9-6-4-7-10-14/h4,6-11,13H,2-3,5,12H2,1H3. The molecule has 0 aliphatic carbocycles. The van der Waals surface area contributed by atoms with Crippen molar-refractivity contribution in [2.24, 2.45) is 0 Å². The number of hydrogen-bond donors (Lipinski definition) is 0. The summed E-state index contributed by atoms with van der Waals surface area (Å²) >= 11 is 0. The first-order chi connectivity index (χ1) is 10.1. The predicted molar refractivity (Wildman–Crippen MR) is 81.9 cm³/mol. The lowest BCUT2D eigenvalue weighted by Gasteiger charge is -2.09. The molecule has 0 atom stereocenters. The molecular formula is C16H19NO3S. The van der Waals surface area contributed by atoms with Crippen molar-refractivity contribution < 1.29 is 13.2 Å². The Balaban J connectivity index is 2.30. The van der Waals surface area contributed by atoms with Gasteiger partial charge in [-0.1, -0.05) is 38.0 Å². The van der Waals surface area contributed by atoms with Crippen LogP contribution < -0.4 is 0 Å². The molecule has 0 spiro atoms. The summed E-state index contributed by atoms with van der Waals surface area (Å²) in [6.45, 7) is 2.06. The van der Waals surface area contributed by atoms with Gasteiger partial charge in [0, 0.05) is 12.6 Å². The Morgan fingerprint density at radius 2 is 1.76 bits per heavy atom. The molecule has 0 amide bonds. The number of carbonyl (C=O) groups is 1. The zero-order valence-electron chi connectivity index (χ0n) is 12.0. The molecule has 0 saturated heterocycles. The van der Waals surface area contributed by atoms with Crippen LogP contribution in [0.15, 0.2) is 53.6 Å². The molecule has 0 bridgehead atoms. The third kappa shape index (κ3) is 3.42. The summed E-state index contributed by atoms with van der Waals surface area (Å²) in [7, 11) is -3.71. The van der Waals surface area contributed by atoms with E-state index in [4.69, 9.17) is 0 Å². The largest absolute Gasteiger partial charge is 0.292 e. The Bertz CT molecular complexity index is 702. The Labute approximate surface area is 125 Å². The summed E-state index contributed by atoms with van der Waals surface area (Å²) in [5, 5.41) is 0. The number of aromatic nitrogens is 1. The summed E-state index contributed by atoms with van der Waals surface area (Å²) in [4.78, 5) is 12.4. The molecule has 112 valence electrons. The zero-order valence-corrected chi connectivity index (χ0v) is 12.8. The van der Waals surface area contributed by atoms with Crippen LogP contribution in [0.2, 0.25) is 0 Å². The summed E-state index contributed by atoms with van der Waals surface area (Å²) in [5.74, 6) is -0.132. The van der Waals surface area contributed by atoms with E-state index in [1.165, 1.54) is 18.3 Å². The van der Waals surface area contributed by atoms with Gasteiger partial charge in [-0.25, -0.2) is 12.4 Å². The van der Waals surface area contributed by atoms with E-state index in [0.717, 1.165) is 23.2 Å². The molecule has 0 N–H and O–H groups in total. The van der Waals surface area contributed by atoms with Gasteiger partial charge >= 0.3 is 0 Å². The fourth-order valence-corrected chi connectivity index (χ4v) is 3.54. The van der Waals surface area contributed by atoms with Crippen LogP contribution in [-0.2, 0) is 10.0 Å². The Morgan fingerprint density at radius 3 is 2.43 bits per heavy atom. The topological polar surface area (TPSA) is 56.1 Å². The molecule has 2 aromatic rings. The molecule has 4 nitrogen and oxygen atoms in total. The number of nitrogens with zero attached hydrogens (tertiary/aromatic N) is 1. The summed E-state index contributed by atoms with van der Waals surface area (Å²) in [6, 6.07) is 11.3. The van der Waals surface area contributed by atoms with E-state index in [0.29, 0.717) is 6.42 Å². The number of benzene rings is 1. The minimum Gasteiger partial charge on any atom is -0.292 e. The second kappa shape index (κ2) is 6.72. The van der Waals surface area contributed by atoms with Crippen molar-refractivity contribution in [3.05, 3.63) is 54.4 Å². The fourth-order valence-electron chi connectivity index (χ4n) is 2.16. The van der Waals surface area contributed by atoms with Crippen molar-refractivity contribution in [3.8, 4) is 0 Å². The van der Waals surface area contributed by atoms with Gasteiger partial charge in [0.05, 0.1) is 10.6 Å². The van der Waals surface area contributed by atoms with E-state index in [9.17, 15) is 13.2 Å². The third-order valence-corrected chi connectivity index (χ3v) is 5.01. The van der Waals surface area contributed by atoms with Gasteiger partial charge in [0.2, 0.25) is 0 Å². The van der Waals surface area contributed by atoms with Crippen molar-refractivity contribution in [2.75, 3.05) is 0 Å². The molecule has 1 aromatic carbocycles. The maximum atomic E-state index is 12.6.